The van der Waals surface area contributed by atoms with Crippen LogP contribution < -0.4 is 20.1 Å². The van der Waals surface area contributed by atoms with E-state index in [1.54, 1.807) is 23.5 Å². The first-order valence-corrected chi connectivity index (χ1v) is 10.4. The van der Waals surface area contributed by atoms with Gasteiger partial charge in [-0.25, -0.2) is 0 Å². The first-order chi connectivity index (χ1) is 13.7. The van der Waals surface area contributed by atoms with E-state index >= 15 is 0 Å². The molecule has 28 heavy (non-hydrogen) atoms. The van der Waals surface area contributed by atoms with Gasteiger partial charge in [0.25, 0.3) is 0 Å². The molecule has 0 bridgehead atoms. The van der Waals surface area contributed by atoms with Crippen LogP contribution in [-0.4, -0.2) is 43.1 Å². The van der Waals surface area contributed by atoms with Gasteiger partial charge in [0.05, 0.1) is 6.04 Å². The number of amides is 2. The molecule has 0 aliphatic carbocycles. The number of ether oxygens (including phenoxy) is 2. The van der Waals surface area contributed by atoms with Gasteiger partial charge >= 0.3 is 11.8 Å². The van der Waals surface area contributed by atoms with Crippen molar-refractivity contribution in [2.24, 2.45) is 0 Å². The van der Waals surface area contributed by atoms with E-state index in [4.69, 9.17) is 9.47 Å². The van der Waals surface area contributed by atoms with Gasteiger partial charge in [-0.15, -0.1) is 0 Å². The maximum absolute atomic E-state index is 12.3. The molecule has 4 rings (SSSR count). The third kappa shape index (κ3) is 4.28. The van der Waals surface area contributed by atoms with Crippen molar-refractivity contribution in [2.45, 2.75) is 25.4 Å². The van der Waals surface area contributed by atoms with Crippen molar-refractivity contribution in [3.05, 3.63) is 46.2 Å². The van der Waals surface area contributed by atoms with Crippen molar-refractivity contribution >= 4 is 23.2 Å². The van der Waals surface area contributed by atoms with Gasteiger partial charge in [0.2, 0.25) is 6.79 Å². The molecule has 2 amide bonds. The van der Waals surface area contributed by atoms with Crippen LogP contribution in [0.15, 0.2) is 35.0 Å². The van der Waals surface area contributed by atoms with E-state index < -0.39 is 11.8 Å². The first kappa shape index (κ1) is 18.8. The smallest absolute Gasteiger partial charge is 0.309 e. The fourth-order valence-corrected chi connectivity index (χ4v) is 4.27. The zero-order valence-corrected chi connectivity index (χ0v) is 16.3. The minimum atomic E-state index is -0.636. The second-order valence-corrected chi connectivity index (χ2v) is 7.68. The lowest BCUT2D eigenvalue weighted by Gasteiger charge is -2.27. The number of hydrogen-bond donors (Lipinski definition) is 2. The zero-order valence-electron chi connectivity index (χ0n) is 15.5. The summed E-state index contributed by atoms with van der Waals surface area (Å²) in [7, 11) is 0. The quantitative estimate of drug-likeness (QED) is 0.725. The number of carbonyl (C=O) groups is 2. The lowest BCUT2D eigenvalue weighted by atomic mass is 10.1. The first-order valence-electron chi connectivity index (χ1n) is 9.41. The Hall–Kier alpha value is -2.58. The van der Waals surface area contributed by atoms with Gasteiger partial charge in [-0.05, 0) is 66.0 Å². The molecule has 7 nitrogen and oxygen atoms in total. The van der Waals surface area contributed by atoms with Crippen molar-refractivity contribution < 1.29 is 19.1 Å². The highest BCUT2D eigenvalue weighted by atomic mass is 32.1. The predicted octanol–water partition coefficient (Wildman–Crippen LogP) is 2.05. The number of benzene rings is 1. The molecule has 1 aromatic heterocycles. The molecule has 0 radical (unpaired) electrons. The average molecular weight is 401 g/mol. The minimum absolute atomic E-state index is 0.111. The highest BCUT2D eigenvalue weighted by molar-refractivity contribution is 7.08. The lowest BCUT2D eigenvalue weighted by Crippen LogP contribution is -2.43. The van der Waals surface area contributed by atoms with Gasteiger partial charge in [0, 0.05) is 13.1 Å². The van der Waals surface area contributed by atoms with Crippen molar-refractivity contribution in [2.75, 3.05) is 26.4 Å². The number of nitrogens with zero attached hydrogens (tertiary/aromatic N) is 1. The number of thiophene rings is 1. The Balaban J connectivity index is 1.29. The monoisotopic (exact) mass is 401 g/mol. The summed E-state index contributed by atoms with van der Waals surface area (Å²) >= 11 is 1.64. The molecule has 0 unspecified atom stereocenters. The summed E-state index contributed by atoms with van der Waals surface area (Å²) in [6.45, 7) is 2.92. The van der Waals surface area contributed by atoms with E-state index in [1.165, 1.54) is 18.4 Å². The standard InChI is InChI=1S/C20H23N3O4S/c24-19(21-10-14-3-4-17-18(9-14)27-13-26-17)20(25)22-11-16(15-5-8-28-12-15)23-6-1-2-7-23/h3-5,8-9,12,16H,1-2,6-7,10-11,13H2,(H,21,24)(H,22,25)/t16-/m1/s1. The van der Waals surface area contributed by atoms with Crippen LogP contribution in [0.3, 0.4) is 0 Å². The lowest BCUT2D eigenvalue weighted by molar-refractivity contribution is -0.139. The number of fused-ring (bicyclic) bond motifs is 1. The van der Waals surface area contributed by atoms with E-state index in [-0.39, 0.29) is 19.4 Å². The van der Waals surface area contributed by atoms with Gasteiger partial charge in [0.1, 0.15) is 0 Å². The molecule has 1 fully saturated rings. The molecule has 0 saturated carbocycles. The summed E-state index contributed by atoms with van der Waals surface area (Å²) in [5, 5.41) is 9.60. The Morgan fingerprint density at radius 2 is 1.86 bits per heavy atom. The number of carbonyl (C=O) groups excluding carboxylic acids is 2. The normalized spacial score (nSPS) is 16.7. The molecular weight excluding hydrogens is 378 g/mol. The summed E-state index contributed by atoms with van der Waals surface area (Å²) in [6, 6.07) is 7.64. The van der Waals surface area contributed by atoms with Crippen LogP contribution in [0.2, 0.25) is 0 Å². The molecule has 3 heterocycles. The molecule has 2 N–H and O–H groups in total. The Labute approximate surface area is 167 Å². The molecule has 148 valence electrons. The highest BCUT2D eigenvalue weighted by Crippen LogP contribution is 2.32. The largest absolute Gasteiger partial charge is 0.454 e. The number of nitrogens with one attached hydrogen (secondary N) is 2. The predicted molar refractivity (Wildman–Crippen MR) is 105 cm³/mol. The summed E-state index contributed by atoms with van der Waals surface area (Å²) < 4.78 is 10.6. The fourth-order valence-electron chi connectivity index (χ4n) is 3.56. The topological polar surface area (TPSA) is 79.9 Å². The Morgan fingerprint density at radius 1 is 1.07 bits per heavy atom. The van der Waals surface area contributed by atoms with Crippen LogP contribution in [0.25, 0.3) is 0 Å². The van der Waals surface area contributed by atoms with Gasteiger partial charge in [-0.2, -0.15) is 11.3 Å². The van der Waals surface area contributed by atoms with Crippen LogP contribution in [0.5, 0.6) is 11.5 Å². The maximum Gasteiger partial charge on any atom is 0.309 e. The van der Waals surface area contributed by atoms with Crippen molar-refractivity contribution in [1.29, 1.82) is 0 Å². The van der Waals surface area contributed by atoms with Crippen LogP contribution in [0.1, 0.15) is 30.0 Å². The summed E-state index contributed by atoms with van der Waals surface area (Å²) in [5.74, 6) is 0.0953. The molecule has 2 aliphatic rings. The van der Waals surface area contributed by atoms with E-state index in [0.717, 1.165) is 18.7 Å². The van der Waals surface area contributed by atoms with Gasteiger partial charge in [0.15, 0.2) is 11.5 Å². The Kier molecular flexibility index (Phi) is 5.78. The van der Waals surface area contributed by atoms with Gasteiger partial charge in [-0.3, -0.25) is 14.5 Å². The molecule has 1 saturated heterocycles. The van der Waals surface area contributed by atoms with E-state index in [1.807, 2.05) is 11.4 Å². The molecule has 0 spiro atoms. The molecule has 1 atom stereocenters. The van der Waals surface area contributed by atoms with Crippen LogP contribution in [0, 0.1) is 0 Å². The summed E-state index contributed by atoms with van der Waals surface area (Å²) in [4.78, 5) is 26.8. The van der Waals surface area contributed by atoms with Crippen LogP contribution in [0.4, 0.5) is 0 Å². The van der Waals surface area contributed by atoms with Crippen molar-refractivity contribution in [1.82, 2.24) is 15.5 Å². The molecule has 2 aliphatic heterocycles. The second kappa shape index (κ2) is 8.62. The minimum Gasteiger partial charge on any atom is -0.454 e. The molecule has 2 aromatic rings. The summed E-state index contributed by atoms with van der Waals surface area (Å²) in [6.07, 6.45) is 2.34. The van der Waals surface area contributed by atoms with Crippen LogP contribution in [-0.2, 0) is 16.1 Å². The molecule has 8 heteroatoms. The number of hydrogen-bond acceptors (Lipinski definition) is 6. The van der Waals surface area contributed by atoms with E-state index in [9.17, 15) is 9.59 Å². The van der Waals surface area contributed by atoms with Crippen molar-refractivity contribution in [3.63, 3.8) is 0 Å². The fraction of sp³-hybridized carbons (Fsp3) is 0.400. The maximum atomic E-state index is 12.3. The van der Waals surface area contributed by atoms with Gasteiger partial charge in [-0.1, -0.05) is 6.07 Å². The third-order valence-electron chi connectivity index (χ3n) is 5.06. The zero-order chi connectivity index (χ0) is 19.3. The molecular formula is C20H23N3O4S. The highest BCUT2D eigenvalue weighted by Gasteiger charge is 2.25. The number of rotatable bonds is 6. The van der Waals surface area contributed by atoms with E-state index in [0.29, 0.717) is 18.0 Å². The number of likely N-dealkylation sites (tertiary alicyclic amines) is 1. The van der Waals surface area contributed by atoms with Crippen LogP contribution >= 0.6 is 11.3 Å². The SMILES string of the molecule is O=C(NCc1ccc2c(c1)OCO2)C(=O)NC[C@H](c1ccsc1)N1CCCC1. The average Bonchev–Trinajstić information content (AvgIpc) is 3.48. The van der Waals surface area contributed by atoms with Crippen molar-refractivity contribution in [3.8, 4) is 11.5 Å². The van der Waals surface area contributed by atoms with E-state index in [2.05, 4.69) is 27.0 Å². The van der Waals surface area contributed by atoms with Gasteiger partial charge < -0.3 is 20.1 Å². The molecule has 1 aromatic carbocycles. The third-order valence-corrected chi connectivity index (χ3v) is 5.76. The Morgan fingerprint density at radius 3 is 2.64 bits per heavy atom. The Bertz CT molecular complexity index is 834. The summed E-state index contributed by atoms with van der Waals surface area (Å²) in [5.41, 5.74) is 2.03. The second-order valence-electron chi connectivity index (χ2n) is 6.90.